The molecule has 0 spiro atoms. The lowest BCUT2D eigenvalue weighted by molar-refractivity contribution is -0.385. The number of nitro benzene ring substituents is 2. The van der Waals surface area contributed by atoms with Crippen LogP contribution in [0.1, 0.15) is 48.9 Å². The maximum Gasteiger partial charge on any atom is 0.337 e. The van der Waals surface area contributed by atoms with Crippen LogP contribution in [0.2, 0.25) is 0 Å². The van der Waals surface area contributed by atoms with Crippen LogP contribution in [0.3, 0.4) is 0 Å². The van der Waals surface area contributed by atoms with E-state index in [1.165, 1.54) is 67.3 Å². The van der Waals surface area contributed by atoms with E-state index in [9.17, 15) is 49.6 Å². The van der Waals surface area contributed by atoms with Crippen LogP contribution >= 0.6 is 0 Å². The lowest BCUT2D eigenvalue weighted by Gasteiger charge is -2.09. The summed E-state index contributed by atoms with van der Waals surface area (Å²) in [5.74, 6) is -1.95. The van der Waals surface area contributed by atoms with Crippen LogP contribution in [0, 0.1) is 20.2 Å². The quantitative estimate of drug-likeness (QED) is 0.0751. The van der Waals surface area contributed by atoms with Crippen molar-refractivity contribution < 1.29 is 48.7 Å². The van der Waals surface area contributed by atoms with E-state index in [4.69, 9.17) is 4.74 Å². The second-order valence-electron chi connectivity index (χ2n) is 11.5. The van der Waals surface area contributed by atoms with Crippen LogP contribution in [0.4, 0.5) is 23.3 Å². The number of fused-ring (bicyclic) bond motifs is 2. The molecule has 2 heterocycles. The number of amides is 2. The molecule has 6 rings (SSSR count). The molecule has 0 atom stereocenters. The minimum atomic E-state index is -0.591. The Hall–Kier alpha value is -7.58. The van der Waals surface area contributed by atoms with Crippen molar-refractivity contribution in [3.05, 3.63) is 127 Å². The molecular weight excluding hydrogens is 748 g/mol. The Morgan fingerprint density at radius 3 is 1.56 bits per heavy atom. The molecule has 20 heteroatoms. The number of nitrogens with zero attached hydrogens (tertiary/aromatic N) is 6. The lowest BCUT2D eigenvalue weighted by atomic mass is 10.2. The van der Waals surface area contributed by atoms with Gasteiger partial charge in [0.15, 0.2) is 0 Å². The number of carbonyl (C=O) groups is 4. The van der Waals surface area contributed by atoms with Crippen LogP contribution in [0.5, 0.6) is 0 Å². The summed E-state index contributed by atoms with van der Waals surface area (Å²) in [6.45, 7) is -0.165. The van der Waals surface area contributed by atoms with Crippen molar-refractivity contribution in [3.8, 4) is 0 Å². The van der Waals surface area contributed by atoms with Gasteiger partial charge in [-0.05, 0) is 48.5 Å². The number of rotatable bonds is 12. The van der Waals surface area contributed by atoms with Crippen LogP contribution in [-0.4, -0.2) is 90.3 Å². The third-order valence-electron chi connectivity index (χ3n) is 8.07. The number of aromatic nitrogens is 4. The zero-order valence-electron chi connectivity index (χ0n) is 29.6. The second kappa shape index (κ2) is 18.6. The predicted octanol–water partition coefficient (Wildman–Crippen LogP) is 4.59. The van der Waals surface area contributed by atoms with E-state index in [0.29, 0.717) is 33.2 Å². The van der Waals surface area contributed by atoms with Crippen LogP contribution < -0.4 is 10.6 Å². The van der Waals surface area contributed by atoms with Crippen LogP contribution in [0.15, 0.2) is 84.9 Å². The number of nitro groups is 2. The van der Waals surface area contributed by atoms with Gasteiger partial charge in [-0.3, -0.25) is 40.5 Å². The van der Waals surface area contributed by atoms with E-state index in [-0.39, 0.29) is 68.1 Å². The first kappa shape index (κ1) is 42.2. The standard InChI is InChI=1S/2C18H16N4O6.CH4/c1-28-17(25)12-5-6-15-14(10-12)19-18(21(15)7-8-23)20-16(24)11-3-2-4-13(9-11)22(26)27;1-28-17(25)12-5-6-14-15(10-12)21(7-8-23)18(19-14)20-16(24)11-3-2-4-13(9-11)22(26)27;/h2*2-6,9-10,23H,7-8H2,1H3,(H,19,20,24);1H4. The molecule has 4 aromatic carbocycles. The lowest BCUT2D eigenvalue weighted by Crippen LogP contribution is -2.17. The zero-order chi connectivity index (χ0) is 40.5. The molecule has 0 saturated carbocycles. The first-order chi connectivity index (χ1) is 26.9. The number of non-ortho nitro benzene ring substituents is 2. The van der Waals surface area contributed by atoms with Gasteiger partial charge in [-0.1, -0.05) is 19.6 Å². The molecule has 0 bridgehead atoms. The number of hydrogen-bond donors (Lipinski definition) is 4. The minimum absolute atomic E-state index is 0. The number of esters is 2. The van der Waals surface area contributed by atoms with Crippen molar-refractivity contribution >= 4 is 69.1 Å². The Kier molecular flexibility index (Phi) is 13.8. The normalized spacial score (nSPS) is 10.5. The number of aliphatic hydroxyl groups excluding tert-OH is 2. The van der Waals surface area contributed by atoms with Gasteiger partial charge in [0, 0.05) is 48.5 Å². The minimum Gasteiger partial charge on any atom is -0.465 e. The highest BCUT2D eigenvalue weighted by Gasteiger charge is 2.20. The maximum absolute atomic E-state index is 12.5. The molecule has 0 aliphatic rings. The second-order valence-corrected chi connectivity index (χ2v) is 11.5. The van der Waals surface area contributed by atoms with E-state index in [0.717, 1.165) is 12.1 Å². The molecule has 0 radical (unpaired) electrons. The fourth-order valence-electron chi connectivity index (χ4n) is 5.45. The van der Waals surface area contributed by atoms with Crippen molar-refractivity contribution in [2.24, 2.45) is 0 Å². The van der Waals surface area contributed by atoms with Crippen molar-refractivity contribution in [3.63, 3.8) is 0 Å². The molecule has 57 heavy (non-hydrogen) atoms. The Bertz CT molecular complexity index is 2420. The van der Waals surface area contributed by atoms with Gasteiger partial charge in [-0.15, -0.1) is 0 Å². The van der Waals surface area contributed by atoms with Gasteiger partial charge in [-0.25, -0.2) is 19.6 Å². The Balaban J connectivity index is 0.000000248. The van der Waals surface area contributed by atoms with Crippen molar-refractivity contribution in [1.29, 1.82) is 0 Å². The van der Waals surface area contributed by atoms with Crippen molar-refractivity contribution in [2.45, 2.75) is 20.5 Å². The average Bonchev–Trinajstić information content (AvgIpc) is 3.73. The molecule has 4 N–H and O–H groups in total. The highest BCUT2D eigenvalue weighted by Crippen LogP contribution is 2.24. The molecule has 2 amide bonds. The highest BCUT2D eigenvalue weighted by atomic mass is 16.6. The third kappa shape index (κ3) is 9.57. The number of methoxy groups -OCH3 is 2. The molecule has 0 saturated heterocycles. The number of ether oxygens (including phenoxy) is 2. The molecule has 20 nitrogen and oxygen atoms in total. The Morgan fingerprint density at radius 1 is 0.632 bits per heavy atom. The number of benzene rings is 4. The van der Waals surface area contributed by atoms with Gasteiger partial charge in [-0.2, -0.15) is 0 Å². The Morgan fingerprint density at radius 2 is 1.09 bits per heavy atom. The Labute approximate surface area is 322 Å². The summed E-state index contributed by atoms with van der Waals surface area (Å²) >= 11 is 0. The highest BCUT2D eigenvalue weighted by molar-refractivity contribution is 6.05. The summed E-state index contributed by atoms with van der Waals surface area (Å²) < 4.78 is 12.5. The number of nitrogens with one attached hydrogen (secondary N) is 2. The molecule has 0 aliphatic carbocycles. The molecular formula is C37H36N8O12. The van der Waals surface area contributed by atoms with Gasteiger partial charge in [0.2, 0.25) is 11.9 Å². The molecule has 0 fully saturated rings. The van der Waals surface area contributed by atoms with Gasteiger partial charge < -0.3 is 28.8 Å². The number of carbonyl (C=O) groups excluding carboxylic acids is 4. The monoisotopic (exact) mass is 784 g/mol. The third-order valence-corrected chi connectivity index (χ3v) is 8.07. The van der Waals surface area contributed by atoms with Gasteiger partial charge in [0.1, 0.15) is 0 Å². The SMILES string of the molecule is C.COC(=O)c1ccc2c(c1)nc(NC(=O)c1cccc([N+](=O)[O-])c1)n2CCO.COC(=O)c1ccc2nc(NC(=O)c3cccc([N+](=O)[O-])c3)n(CCO)c2c1. The fraction of sp³-hybridized carbons (Fsp3) is 0.189. The van der Waals surface area contributed by atoms with Gasteiger partial charge in [0.25, 0.3) is 23.2 Å². The van der Waals surface area contributed by atoms with Crippen LogP contribution in [-0.2, 0) is 22.6 Å². The summed E-state index contributed by atoms with van der Waals surface area (Å²) in [5, 5.41) is 45.7. The first-order valence-corrected chi connectivity index (χ1v) is 16.4. The summed E-state index contributed by atoms with van der Waals surface area (Å²) in [6.07, 6.45) is 0. The van der Waals surface area contributed by atoms with Crippen molar-refractivity contribution in [1.82, 2.24) is 19.1 Å². The summed E-state index contributed by atoms with van der Waals surface area (Å²) in [6, 6.07) is 20.0. The van der Waals surface area contributed by atoms with E-state index >= 15 is 0 Å². The molecule has 6 aromatic rings. The molecule has 296 valence electrons. The predicted molar refractivity (Wildman–Crippen MR) is 205 cm³/mol. The van der Waals surface area contributed by atoms with E-state index in [2.05, 4.69) is 25.3 Å². The summed E-state index contributed by atoms with van der Waals surface area (Å²) in [4.78, 5) is 77.7. The summed E-state index contributed by atoms with van der Waals surface area (Å²) in [5.41, 5.74) is 2.38. The van der Waals surface area contributed by atoms with Crippen molar-refractivity contribution in [2.75, 3.05) is 38.1 Å². The largest absolute Gasteiger partial charge is 0.465 e. The average molecular weight is 785 g/mol. The van der Waals surface area contributed by atoms with E-state index < -0.39 is 33.6 Å². The number of aliphatic hydroxyl groups is 2. The molecule has 0 unspecified atom stereocenters. The summed E-state index contributed by atoms with van der Waals surface area (Å²) in [7, 11) is 2.53. The zero-order valence-corrected chi connectivity index (χ0v) is 29.6. The first-order valence-electron chi connectivity index (χ1n) is 16.4. The van der Waals surface area contributed by atoms with Gasteiger partial charge in [0.05, 0.1) is 70.5 Å². The van der Waals surface area contributed by atoms with Crippen LogP contribution in [0.25, 0.3) is 22.1 Å². The maximum atomic E-state index is 12.5. The van der Waals surface area contributed by atoms with E-state index in [1.54, 1.807) is 28.8 Å². The fourth-order valence-corrected chi connectivity index (χ4v) is 5.45. The molecule has 0 aliphatic heterocycles. The number of imidazole rings is 2. The smallest absolute Gasteiger partial charge is 0.337 e. The number of anilines is 2. The van der Waals surface area contributed by atoms with Gasteiger partial charge >= 0.3 is 11.9 Å². The number of hydrogen-bond acceptors (Lipinski definition) is 14. The molecule has 2 aromatic heterocycles. The topological polar surface area (TPSA) is 273 Å². The van der Waals surface area contributed by atoms with E-state index in [1.807, 2.05) is 0 Å².